The quantitative estimate of drug-likeness (QED) is 0.742. The lowest BCUT2D eigenvalue weighted by Crippen LogP contribution is -2.49. The van der Waals surface area contributed by atoms with Crippen LogP contribution in [0.15, 0.2) is 24.3 Å². The van der Waals surface area contributed by atoms with Crippen LogP contribution in [-0.4, -0.2) is 62.2 Å². The van der Waals surface area contributed by atoms with Crippen LogP contribution in [0.25, 0.3) is 0 Å². The maximum atomic E-state index is 12.1. The van der Waals surface area contributed by atoms with Crippen molar-refractivity contribution in [3.63, 3.8) is 0 Å². The Morgan fingerprint density at radius 2 is 1.76 bits per heavy atom. The topological polar surface area (TPSA) is 47.6 Å². The summed E-state index contributed by atoms with van der Waals surface area (Å²) in [5, 5.41) is 6.47. The standard InChI is InChI=1S/C20H34N4O/c1-17-8-5-6-9-18(17)24-14-12-23(13-15-24)16-19(25)21-10-7-11-22-20(2,3)4/h5-6,8-9,22H,7,10-16H2,1-4H3,(H,21,25). The van der Waals surface area contributed by atoms with Gasteiger partial charge in [0.2, 0.25) is 5.91 Å². The van der Waals surface area contributed by atoms with Crippen LogP contribution in [-0.2, 0) is 4.79 Å². The molecule has 2 N–H and O–H groups in total. The number of hydrogen-bond acceptors (Lipinski definition) is 4. The molecule has 5 nitrogen and oxygen atoms in total. The van der Waals surface area contributed by atoms with Gasteiger partial charge in [-0.2, -0.15) is 0 Å². The van der Waals surface area contributed by atoms with Crippen molar-refractivity contribution in [3.05, 3.63) is 29.8 Å². The van der Waals surface area contributed by atoms with E-state index in [1.54, 1.807) is 0 Å². The van der Waals surface area contributed by atoms with E-state index in [1.165, 1.54) is 11.3 Å². The minimum absolute atomic E-state index is 0.139. The summed E-state index contributed by atoms with van der Waals surface area (Å²) in [7, 11) is 0. The molecule has 0 bridgehead atoms. The molecule has 140 valence electrons. The lowest BCUT2D eigenvalue weighted by atomic mass is 10.1. The summed E-state index contributed by atoms with van der Waals surface area (Å²) >= 11 is 0. The summed E-state index contributed by atoms with van der Waals surface area (Å²) in [6.07, 6.45) is 0.962. The van der Waals surface area contributed by atoms with Gasteiger partial charge in [-0.25, -0.2) is 0 Å². The second kappa shape index (κ2) is 9.20. The van der Waals surface area contributed by atoms with Crippen molar-refractivity contribution >= 4 is 11.6 Å². The molecule has 1 amide bonds. The number of rotatable bonds is 7. The maximum Gasteiger partial charge on any atom is 0.234 e. The number of carbonyl (C=O) groups is 1. The van der Waals surface area contributed by atoms with Crippen molar-refractivity contribution in [2.45, 2.75) is 39.7 Å². The molecule has 1 heterocycles. The molecular weight excluding hydrogens is 312 g/mol. The summed E-state index contributed by atoms with van der Waals surface area (Å²) in [5.74, 6) is 0.139. The predicted octanol–water partition coefficient (Wildman–Crippen LogP) is 2.01. The van der Waals surface area contributed by atoms with Gasteiger partial charge < -0.3 is 15.5 Å². The number of nitrogens with zero attached hydrogens (tertiary/aromatic N) is 2. The summed E-state index contributed by atoms with van der Waals surface area (Å²) in [6, 6.07) is 8.51. The molecule has 1 fully saturated rings. The largest absolute Gasteiger partial charge is 0.369 e. The van der Waals surface area contributed by atoms with Crippen LogP contribution < -0.4 is 15.5 Å². The Balaban J connectivity index is 1.63. The van der Waals surface area contributed by atoms with Crippen molar-refractivity contribution in [1.82, 2.24) is 15.5 Å². The second-order valence-electron chi connectivity index (χ2n) is 7.93. The SMILES string of the molecule is Cc1ccccc1N1CCN(CC(=O)NCCCNC(C)(C)C)CC1. The van der Waals surface area contributed by atoms with E-state index in [9.17, 15) is 4.79 Å². The van der Waals surface area contributed by atoms with Gasteiger partial charge in [0.15, 0.2) is 0 Å². The lowest BCUT2D eigenvalue weighted by molar-refractivity contribution is -0.122. The van der Waals surface area contributed by atoms with Crippen LogP contribution in [0, 0.1) is 6.92 Å². The van der Waals surface area contributed by atoms with E-state index in [-0.39, 0.29) is 11.4 Å². The first-order valence-electron chi connectivity index (χ1n) is 9.40. The zero-order valence-corrected chi connectivity index (χ0v) is 16.3. The van der Waals surface area contributed by atoms with Gasteiger partial charge in [0.1, 0.15) is 0 Å². The average Bonchev–Trinajstić information content (AvgIpc) is 2.55. The molecule has 0 unspecified atom stereocenters. The van der Waals surface area contributed by atoms with Gasteiger partial charge in [0.25, 0.3) is 0 Å². The Morgan fingerprint density at radius 3 is 2.40 bits per heavy atom. The monoisotopic (exact) mass is 346 g/mol. The number of anilines is 1. The highest BCUT2D eigenvalue weighted by Gasteiger charge is 2.19. The number of amides is 1. The highest BCUT2D eigenvalue weighted by molar-refractivity contribution is 5.78. The molecule has 0 saturated carbocycles. The van der Waals surface area contributed by atoms with Crippen LogP contribution in [0.5, 0.6) is 0 Å². The number of carbonyl (C=O) groups excluding carboxylic acids is 1. The van der Waals surface area contributed by atoms with E-state index in [0.29, 0.717) is 6.54 Å². The molecule has 1 aromatic carbocycles. The van der Waals surface area contributed by atoms with Gasteiger partial charge in [-0.05, 0) is 52.3 Å². The number of para-hydroxylation sites is 1. The summed E-state index contributed by atoms with van der Waals surface area (Å²) in [5.41, 5.74) is 2.77. The van der Waals surface area contributed by atoms with E-state index in [4.69, 9.17) is 0 Å². The molecule has 0 radical (unpaired) electrons. The molecule has 2 rings (SSSR count). The van der Waals surface area contributed by atoms with Gasteiger partial charge in [0.05, 0.1) is 6.54 Å². The van der Waals surface area contributed by atoms with Crippen LogP contribution in [0.3, 0.4) is 0 Å². The van der Waals surface area contributed by atoms with Gasteiger partial charge in [-0.1, -0.05) is 18.2 Å². The van der Waals surface area contributed by atoms with Gasteiger partial charge in [0, 0.05) is 44.0 Å². The van der Waals surface area contributed by atoms with E-state index in [1.807, 2.05) is 0 Å². The van der Waals surface area contributed by atoms with Gasteiger partial charge in [-0.3, -0.25) is 9.69 Å². The van der Waals surface area contributed by atoms with E-state index < -0.39 is 0 Å². The maximum absolute atomic E-state index is 12.1. The Labute approximate surface area is 152 Å². The fraction of sp³-hybridized carbons (Fsp3) is 0.650. The van der Waals surface area contributed by atoms with Gasteiger partial charge >= 0.3 is 0 Å². The summed E-state index contributed by atoms with van der Waals surface area (Å²) in [4.78, 5) is 16.8. The summed E-state index contributed by atoms with van der Waals surface area (Å²) < 4.78 is 0. The highest BCUT2D eigenvalue weighted by atomic mass is 16.2. The zero-order chi connectivity index (χ0) is 18.3. The van der Waals surface area contributed by atoms with E-state index in [0.717, 1.165) is 45.7 Å². The minimum atomic E-state index is 0.139. The van der Waals surface area contributed by atoms with E-state index in [2.05, 4.69) is 72.4 Å². The van der Waals surface area contributed by atoms with Gasteiger partial charge in [-0.15, -0.1) is 0 Å². The predicted molar refractivity (Wildman–Crippen MR) is 105 cm³/mol. The minimum Gasteiger partial charge on any atom is -0.369 e. The van der Waals surface area contributed by atoms with Crippen molar-refractivity contribution in [3.8, 4) is 0 Å². The molecule has 25 heavy (non-hydrogen) atoms. The molecule has 1 aliphatic rings. The van der Waals surface area contributed by atoms with Crippen LogP contribution in [0.4, 0.5) is 5.69 Å². The molecular formula is C20H34N4O. The third-order valence-corrected chi connectivity index (χ3v) is 4.53. The number of hydrogen-bond donors (Lipinski definition) is 2. The first-order valence-corrected chi connectivity index (χ1v) is 9.40. The van der Waals surface area contributed by atoms with Crippen molar-refractivity contribution in [2.24, 2.45) is 0 Å². The van der Waals surface area contributed by atoms with E-state index >= 15 is 0 Å². The second-order valence-corrected chi connectivity index (χ2v) is 7.93. The average molecular weight is 347 g/mol. The molecule has 0 atom stereocenters. The highest BCUT2D eigenvalue weighted by Crippen LogP contribution is 2.20. The number of aryl methyl sites for hydroxylation is 1. The lowest BCUT2D eigenvalue weighted by Gasteiger charge is -2.36. The Bertz CT molecular complexity index is 545. The fourth-order valence-corrected chi connectivity index (χ4v) is 3.10. The Kier molecular flexibility index (Phi) is 7.26. The first kappa shape index (κ1) is 19.7. The number of piperazine rings is 1. The fourth-order valence-electron chi connectivity index (χ4n) is 3.10. The third kappa shape index (κ3) is 7.04. The summed E-state index contributed by atoms with van der Waals surface area (Å²) in [6.45, 7) is 14.6. The number of benzene rings is 1. The molecule has 5 heteroatoms. The molecule has 0 aromatic heterocycles. The molecule has 1 aromatic rings. The number of nitrogens with one attached hydrogen (secondary N) is 2. The molecule has 0 aliphatic carbocycles. The molecule has 1 aliphatic heterocycles. The van der Waals surface area contributed by atoms with Crippen molar-refractivity contribution < 1.29 is 4.79 Å². The van der Waals surface area contributed by atoms with Crippen molar-refractivity contribution in [2.75, 3.05) is 50.7 Å². The Morgan fingerprint density at radius 1 is 1.08 bits per heavy atom. The smallest absolute Gasteiger partial charge is 0.234 e. The van der Waals surface area contributed by atoms with Crippen molar-refractivity contribution in [1.29, 1.82) is 0 Å². The normalized spacial score (nSPS) is 16.1. The zero-order valence-electron chi connectivity index (χ0n) is 16.3. The molecule has 1 saturated heterocycles. The molecule has 0 spiro atoms. The van der Waals surface area contributed by atoms with Crippen LogP contribution in [0.2, 0.25) is 0 Å². The Hall–Kier alpha value is -1.59. The van der Waals surface area contributed by atoms with Crippen LogP contribution >= 0.6 is 0 Å². The third-order valence-electron chi connectivity index (χ3n) is 4.53. The van der Waals surface area contributed by atoms with Crippen LogP contribution in [0.1, 0.15) is 32.8 Å². The first-order chi connectivity index (χ1) is 11.8.